The number of amides is 1. The topological polar surface area (TPSA) is 123 Å². The molecule has 1 aliphatic rings. The normalized spacial score (nSPS) is 16.1. The minimum atomic E-state index is -4.68. The summed E-state index contributed by atoms with van der Waals surface area (Å²) in [6, 6.07) is 8.85. The van der Waals surface area contributed by atoms with Gasteiger partial charge < -0.3 is 24.9 Å². The van der Waals surface area contributed by atoms with Crippen LogP contribution in [0.15, 0.2) is 42.9 Å². The Morgan fingerprint density at radius 2 is 2.11 bits per heavy atom. The van der Waals surface area contributed by atoms with Gasteiger partial charge in [0.05, 0.1) is 5.69 Å². The van der Waals surface area contributed by atoms with Gasteiger partial charge in [-0.2, -0.15) is 18.4 Å². The largest absolute Gasteiger partial charge is 0.465 e. The van der Waals surface area contributed by atoms with Gasteiger partial charge in [-0.25, -0.2) is 14.8 Å². The standard InChI is InChI=1S/C25H22F3N7O2/c1-34-12-15(7-17(34)9-29)14-4-5-18-19(10-30-21(18)8-14)22-20(25(26,27)28)11-31-23(33-22)32-16-3-2-6-35(13-16)24(36)37/h4-5,7-8,10-12,16,30H,2-3,6,13H2,1H3,(H,36,37)(H,31,32,33)/t16-/m0/s1. The molecule has 5 rings (SSSR count). The third-order valence-electron chi connectivity index (χ3n) is 6.51. The minimum Gasteiger partial charge on any atom is -0.465 e. The Kier molecular flexibility index (Phi) is 5.99. The summed E-state index contributed by atoms with van der Waals surface area (Å²) in [4.78, 5) is 23.7. The molecule has 1 fully saturated rings. The minimum absolute atomic E-state index is 0.000438. The fraction of sp³-hybridized carbons (Fsp3) is 0.280. The lowest BCUT2D eigenvalue weighted by atomic mass is 10.0. The highest BCUT2D eigenvalue weighted by Gasteiger charge is 2.36. The highest BCUT2D eigenvalue weighted by molar-refractivity contribution is 5.97. The number of H-pyrrole nitrogens is 1. The molecule has 0 aliphatic carbocycles. The number of halogens is 3. The molecule has 1 atom stereocenters. The average molecular weight is 509 g/mol. The van der Waals surface area contributed by atoms with E-state index in [0.29, 0.717) is 36.0 Å². The second-order valence-corrected chi connectivity index (χ2v) is 8.97. The maximum Gasteiger partial charge on any atom is 0.419 e. The van der Waals surface area contributed by atoms with Crippen molar-refractivity contribution in [1.29, 1.82) is 5.26 Å². The van der Waals surface area contributed by atoms with Crippen molar-refractivity contribution >= 4 is 22.9 Å². The van der Waals surface area contributed by atoms with Crippen LogP contribution >= 0.6 is 0 Å². The smallest absolute Gasteiger partial charge is 0.419 e. The van der Waals surface area contributed by atoms with E-state index in [1.165, 1.54) is 11.1 Å². The first-order chi connectivity index (χ1) is 17.6. The van der Waals surface area contributed by atoms with E-state index in [-0.39, 0.29) is 29.8 Å². The number of anilines is 1. The summed E-state index contributed by atoms with van der Waals surface area (Å²) in [6.45, 7) is 0.600. The van der Waals surface area contributed by atoms with E-state index in [1.54, 1.807) is 29.8 Å². The number of nitrogens with one attached hydrogen (secondary N) is 2. The zero-order valence-corrected chi connectivity index (χ0v) is 19.7. The van der Waals surface area contributed by atoms with Gasteiger partial charge in [-0.05, 0) is 30.5 Å². The fourth-order valence-corrected chi connectivity index (χ4v) is 4.65. The summed E-state index contributed by atoms with van der Waals surface area (Å²) in [5.74, 6) is -0.000438. The van der Waals surface area contributed by atoms with Crippen molar-refractivity contribution in [3.63, 3.8) is 0 Å². The van der Waals surface area contributed by atoms with Gasteiger partial charge in [-0.3, -0.25) is 0 Å². The zero-order valence-electron chi connectivity index (χ0n) is 19.7. The molecule has 9 nitrogen and oxygen atoms in total. The molecule has 0 spiro atoms. The molecule has 3 N–H and O–H groups in total. The van der Waals surface area contributed by atoms with E-state index in [9.17, 15) is 28.3 Å². The van der Waals surface area contributed by atoms with E-state index >= 15 is 0 Å². The van der Waals surface area contributed by atoms with Crippen molar-refractivity contribution in [2.75, 3.05) is 18.4 Å². The molecule has 3 aromatic heterocycles. The Hall–Kier alpha value is -4.53. The number of nitrogens with zero attached hydrogens (tertiary/aromatic N) is 5. The average Bonchev–Trinajstić information content (AvgIpc) is 3.46. The highest BCUT2D eigenvalue weighted by Crippen LogP contribution is 2.39. The highest BCUT2D eigenvalue weighted by atomic mass is 19.4. The number of aromatic amines is 1. The van der Waals surface area contributed by atoms with Crippen LogP contribution in [0.5, 0.6) is 0 Å². The van der Waals surface area contributed by atoms with Gasteiger partial charge in [0.2, 0.25) is 5.95 Å². The van der Waals surface area contributed by atoms with Crippen LogP contribution in [0, 0.1) is 11.3 Å². The second kappa shape index (κ2) is 9.16. The molecule has 1 aromatic carbocycles. The van der Waals surface area contributed by atoms with Crippen molar-refractivity contribution in [3.8, 4) is 28.5 Å². The van der Waals surface area contributed by atoms with Gasteiger partial charge in [-0.15, -0.1) is 0 Å². The van der Waals surface area contributed by atoms with Gasteiger partial charge in [0, 0.05) is 66.8 Å². The molecule has 37 heavy (non-hydrogen) atoms. The molecule has 4 aromatic rings. The van der Waals surface area contributed by atoms with E-state index in [1.807, 2.05) is 12.3 Å². The molecule has 1 saturated heterocycles. The number of benzene rings is 1. The van der Waals surface area contributed by atoms with Crippen molar-refractivity contribution < 1.29 is 23.1 Å². The predicted molar refractivity (Wildman–Crippen MR) is 130 cm³/mol. The molecule has 0 bridgehead atoms. The number of aryl methyl sites for hydroxylation is 1. The first kappa shape index (κ1) is 24.2. The molecular formula is C25H22F3N7O2. The van der Waals surface area contributed by atoms with Gasteiger partial charge in [-0.1, -0.05) is 12.1 Å². The Morgan fingerprint density at radius 3 is 2.81 bits per heavy atom. The van der Waals surface area contributed by atoms with Crippen LogP contribution in [0.2, 0.25) is 0 Å². The van der Waals surface area contributed by atoms with Gasteiger partial charge >= 0.3 is 12.3 Å². The summed E-state index contributed by atoms with van der Waals surface area (Å²) in [5, 5.41) is 22.0. The van der Waals surface area contributed by atoms with Crippen LogP contribution in [-0.4, -0.2) is 54.8 Å². The van der Waals surface area contributed by atoms with Crippen LogP contribution in [0.25, 0.3) is 33.3 Å². The molecule has 0 radical (unpaired) electrons. The van der Waals surface area contributed by atoms with Crippen molar-refractivity contribution in [2.45, 2.75) is 25.1 Å². The van der Waals surface area contributed by atoms with E-state index in [2.05, 4.69) is 26.3 Å². The molecule has 12 heteroatoms. The Labute approximate surface area is 209 Å². The lowest BCUT2D eigenvalue weighted by Gasteiger charge is -2.31. The quantitative estimate of drug-likeness (QED) is 0.353. The summed E-state index contributed by atoms with van der Waals surface area (Å²) in [7, 11) is 1.76. The van der Waals surface area contributed by atoms with Gasteiger partial charge in [0.1, 0.15) is 17.3 Å². The van der Waals surface area contributed by atoms with Crippen LogP contribution in [0.3, 0.4) is 0 Å². The van der Waals surface area contributed by atoms with E-state index in [4.69, 9.17) is 0 Å². The molecule has 1 aliphatic heterocycles. The zero-order chi connectivity index (χ0) is 26.3. The number of alkyl halides is 3. The molecule has 0 saturated carbocycles. The first-order valence-electron chi connectivity index (χ1n) is 11.5. The Bertz CT molecular complexity index is 1530. The lowest BCUT2D eigenvalue weighted by molar-refractivity contribution is -0.137. The number of piperidine rings is 1. The van der Waals surface area contributed by atoms with Crippen LogP contribution in [-0.2, 0) is 13.2 Å². The second-order valence-electron chi connectivity index (χ2n) is 8.97. The number of hydrogen-bond donors (Lipinski definition) is 3. The van der Waals surface area contributed by atoms with Crippen molar-refractivity contribution in [2.24, 2.45) is 7.05 Å². The van der Waals surface area contributed by atoms with Crippen LogP contribution in [0.4, 0.5) is 23.9 Å². The maximum atomic E-state index is 13.9. The number of carbonyl (C=O) groups is 1. The number of fused-ring (bicyclic) bond motifs is 1. The summed E-state index contributed by atoms with van der Waals surface area (Å²) in [5.41, 5.74) is 1.73. The third kappa shape index (κ3) is 4.67. The van der Waals surface area contributed by atoms with Crippen LogP contribution in [0.1, 0.15) is 24.1 Å². The number of likely N-dealkylation sites (tertiary alicyclic amines) is 1. The van der Waals surface area contributed by atoms with Crippen molar-refractivity contribution in [3.05, 3.63) is 54.1 Å². The molecule has 4 heterocycles. The number of rotatable bonds is 4. The third-order valence-corrected chi connectivity index (χ3v) is 6.51. The number of aromatic nitrogens is 4. The fourth-order valence-electron chi connectivity index (χ4n) is 4.65. The SMILES string of the molecule is Cn1cc(-c2ccc3c(-c4nc(N[C@H]5CCCN(C(=O)O)C5)ncc4C(F)(F)F)c[nH]c3c2)cc1C#N. The van der Waals surface area contributed by atoms with Gasteiger partial charge in [0.15, 0.2) is 0 Å². The van der Waals surface area contributed by atoms with Crippen molar-refractivity contribution in [1.82, 2.24) is 24.4 Å². The summed E-state index contributed by atoms with van der Waals surface area (Å²) < 4.78 is 43.5. The molecule has 1 amide bonds. The molecular weight excluding hydrogens is 487 g/mol. The Balaban J connectivity index is 1.52. The molecule has 0 unspecified atom stereocenters. The first-order valence-corrected chi connectivity index (χ1v) is 11.5. The maximum absolute atomic E-state index is 13.9. The summed E-state index contributed by atoms with van der Waals surface area (Å²) >= 11 is 0. The molecule has 190 valence electrons. The monoisotopic (exact) mass is 509 g/mol. The number of carboxylic acid groups (broad SMARTS) is 1. The van der Waals surface area contributed by atoms with E-state index in [0.717, 1.165) is 17.3 Å². The summed E-state index contributed by atoms with van der Waals surface area (Å²) in [6.07, 6.45) is -0.411. The lowest BCUT2D eigenvalue weighted by Crippen LogP contribution is -2.44. The van der Waals surface area contributed by atoms with E-state index < -0.39 is 17.8 Å². The Morgan fingerprint density at radius 1 is 1.30 bits per heavy atom. The number of hydrogen-bond acceptors (Lipinski definition) is 5. The van der Waals surface area contributed by atoms with Crippen LogP contribution < -0.4 is 5.32 Å². The predicted octanol–water partition coefficient (Wildman–Crippen LogP) is 5.08. The van der Waals surface area contributed by atoms with Gasteiger partial charge in [0.25, 0.3) is 0 Å². The number of nitriles is 1.